The van der Waals surface area contributed by atoms with Gasteiger partial charge in [-0.1, -0.05) is 37.0 Å². The number of hydrogen-bond donors (Lipinski definition) is 3. The number of aryl methyl sites for hydroxylation is 2. The van der Waals surface area contributed by atoms with Crippen LogP contribution in [0.2, 0.25) is 10.3 Å². The van der Waals surface area contributed by atoms with Gasteiger partial charge in [0.1, 0.15) is 16.1 Å². The molecule has 0 radical (unpaired) electrons. The van der Waals surface area contributed by atoms with Gasteiger partial charge in [0, 0.05) is 31.3 Å². The van der Waals surface area contributed by atoms with E-state index in [1.54, 1.807) is 9.69 Å². The number of urea groups is 1. The molecule has 3 heterocycles. The Morgan fingerprint density at radius 3 is 2.52 bits per heavy atom. The van der Waals surface area contributed by atoms with Crippen LogP contribution in [0.4, 0.5) is 16.3 Å². The first-order chi connectivity index (χ1) is 14.7. The van der Waals surface area contributed by atoms with Crippen LogP contribution in [0, 0.1) is 6.92 Å². The molecule has 3 N–H and O–H groups in total. The standard InChI is InChI=1S/C20H25Cl2N7O2/c1-11(2)14-10-17(25-19-18(14)12(3)26-28(19)4)29(6-5-7-30)27-20(31)23-13-8-15(21)24-16(22)9-13/h8-11,30H,5-7H2,1-4H3,(H2,23,24,27,31). The Bertz CT molecular complexity index is 1080. The molecule has 0 aliphatic rings. The zero-order chi connectivity index (χ0) is 22.7. The summed E-state index contributed by atoms with van der Waals surface area (Å²) in [7, 11) is 1.84. The monoisotopic (exact) mass is 465 g/mol. The number of hydrazine groups is 1. The summed E-state index contributed by atoms with van der Waals surface area (Å²) >= 11 is 11.8. The summed E-state index contributed by atoms with van der Waals surface area (Å²) in [4.78, 5) is 21.2. The van der Waals surface area contributed by atoms with Crippen LogP contribution in [0.25, 0.3) is 11.0 Å². The predicted molar refractivity (Wildman–Crippen MR) is 123 cm³/mol. The Hall–Kier alpha value is -2.62. The van der Waals surface area contributed by atoms with Gasteiger partial charge in [-0.2, -0.15) is 5.10 Å². The van der Waals surface area contributed by atoms with Crippen molar-refractivity contribution in [3.8, 4) is 0 Å². The van der Waals surface area contributed by atoms with Gasteiger partial charge in [0.2, 0.25) is 0 Å². The smallest absolute Gasteiger partial charge is 0.338 e. The summed E-state index contributed by atoms with van der Waals surface area (Å²) in [6.07, 6.45) is 0.439. The molecule has 166 valence electrons. The SMILES string of the molecule is Cc1nn(C)c2nc(N(CCCO)NC(=O)Nc3cc(Cl)nc(Cl)c3)cc(C(C)C)c12. The van der Waals surface area contributed by atoms with E-state index in [1.807, 2.05) is 20.0 Å². The second-order valence-corrected chi connectivity index (χ2v) is 8.20. The summed E-state index contributed by atoms with van der Waals surface area (Å²) in [5.41, 5.74) is 5.89. The number of aliphatic hydroxyl groups excluding tert-OH is 1. The highest BCUT2D eigenvalue weighted by Gasteiger charge is 2.20. The number of halogens is 2. The van der Waals surface area contributed by atoms with Gasteiger partial charge in [-0.15, -0.1) is 0 Å². The molecule has 3 aromatic rings. The second-order valence-electron chi connectivity index (χ2n) is 7.43. The molecule has 0 fully saturated rings. The number of nitrogens with zero attached hydrogens (tertiary/aromatic N) is 5. The zero-order valence-corrected chi connectivity index (χ0v) is 19.3. The van der Waals surface area contributed by atoms with Crippen molar-refractivity contribution in [1.29, 1.82) is 0 Å². The maximum absolute atomic E-state index is 12.7. The fourth-order valence-electron chi connectivity index (χ4n) is 3.33. The molecule has 0 aliphatic carbocycles. The number of hydrogen-bond acceptors (Lipinski definition) is 6. The van der Waals surface area contributed by atoms with E-state index in [4.69, 9.17) is 28.2 Å². The summed E-state index contributed by atoms with van der Waals surface area (Å²) in [5, 5.41) is 19.4. The number of aliphatic hydroxyl groups is 1. The lowest BCUT2D eigenvalue weighted by Gasteiger charge is -2.25. The molecule has 9 nitrogen and oxygen atoms in total. The highest BCUT2D eigenvalue weighted by Crippen LogP contribution is 2.30. The Balaban J connectivity index is 1.93. The third-order valence-electron chi connectivity index (χ3n) is 4.68. The van der Waals surface area contributed by atoms with Crippen LogP contribution in [0.5, 0.6) is 0 Å². The number of anilines is 2. The Morgan fingerprint density at radius 2 is 1.90 bits per heavy atom. The highest BCUT2D eigenvalue weighted by molar-refractivity contribution is 6.33. The molecule has 3 rings (SSSR count). The number of pyridine rings is 2. The zero-order valence-electron chi connectivity index (χ0n) is 17.8. The molecule has 0 aliphatic heterocycles. The Labute approximate surface area is 190 Å². The van der Waals surface area contributed by atoms with E-state index >= 15 is 0 Å². The van der Waals surface area contributed by atoms with E-state index < -0.39 is 6.03 Å². The van der Waals surface area contributed by atoms with Crippen molar-refractivity contribution in [3.63, 3.8) is 0 Å². The maximum atomic E-state index is 12.7. The minimum Gasteiger partial charge on any atom is -0.396 e. The number of rotatable bonds is 7. The third-order valence-corrected chi connectivity index (χ3v) is 5.07. The van der Waals surface area contributed by atoms with E-state index in [-0.39, 0.29) is 22.8 Å². The van der Waals surface area contributed by atoms with Gasteiger partial charge >= 0.3 is 6.03 Å². The van der Waals surface area contributed by atoms with Gasteiger partial charge in [0.25, 0.3) is 0 Å². The normalized spacial score (nSPS) is 11.2. The van der Waals surface area contributed by atoms with Crippen LogP contribution in [0.15, 0.2) is 18.2 Å². The predicted octanol–water partition coefficient (Wildman–Crippen LogP) is 4.03. The van der Waals surface area contributed by atoms with Crippen LogP contribution < -0.4 is 15.8 Å². The summed E-state index contributed by atoms with van der Waals surface area (Å²) < 4.78 is 1.73. The number of nitrogens with one attached hydrogen (secondary N) is 2. The Kier molecular flexibility index (Phi) is 7.19. The maximum Gasteiger partial charge on any atom is 0.338 e. The minimum atomic E-state index is -0.509. The van der Waals surface area contributed by atoms with E-state index in [9.17, 15) is 9.90 Å². The second kappa shape index (κ2) is 9.67. The van der Waals surface area contributed by atoms with Gasteiger partial charge in [-0.25, -0.2) is 20.2 Å². The number of carbonyl (C=O) groups is 1. The molecule has 31 heavy (non-hydrogen) atoms. The van der Waals surface area contributed by atoms with Crippen LogP contribution in [-0.2, 0) is 7.05 Å². The van der Waals surface area contributed by atoms with E-state index in [0.717, 1.165) is 22.3 Å². The topological polar surface area (TPSA) is 108 Å². The fourth-order valence-corrected chi connectivity index (χ4v) is 3.79. The lowest BCUT2D eigenvalue weighted by molar-refractivity contribution is 0.249. The fraction of sp³-hybridized carbons (Fsp3) is 0.400. The summed E-state index contributed by atoms with van der Waals surface area (Å²) in [6, 6.07) is 4.42. The van der Waals surface area contributed by atoms with Crippen molar-refractivity contribution in [2.45, 2.75) is 33.1 Å². The third kappa shape index (κ3) is 5.36. The molecule has 0 bridgehead atoms. The summed E-state index contributed by atoms with van der Waals surface area (Å²) in [5.74, 6) is 0.773. The molecule has 0 atom stereocenters. The average molecular weight is 466 g/mol. The molecular formula is C20H25Cl2N7O2. The largest absolute Gasteiger partial charge is 0.396 e. The number of aromatic nitrogens is 4. The van der Waals surface area contributed by atoms with Crippen molar-refractivity contribution in [1.82, 2.24) is 25.2 Å². The quantitative estimate of drug-likeness (QED) is 0.359. The molecule has 0 spiro atoms. The van der Waals surface area contributed by atoms with Gasteiger partial charge in [0.15, 0.2) is 5.65 Å². The lowest BCUT2D eigenvalue weighted by Crippen LogP contribution is -2.46. The number of carbonyl (C=O) groups excluding carboxylic acids is 1. The van der Waals surface area contributed by atoms with Gasteiger partial charge in [-0.05, 0) is 43.0 Å². The number of amides is 2. The number of fused-ring (bicyclic) bond motifs is 1. The van der Waals surface area contributed by atoms with Crippen LogP contribution in [0.3, 0.4) is 0 Å². The summed E-state index contributed by atoms with van der Waals surface area (Å²) in [6.45, 7) is 6.48. The van der Waals surface area contributed by atoms with Gasteiger partial charge in [-0.3, -0.25) is 9.69 Å². The van der Waals surface area contributed by atoms with Crippen molar-refractivity contribution in [3.05, 3.63) is 39.8 Å². The first-order valence-electron chi connectivity index (χ1n) is 9.83. The van der Waals surface area contributed by atoms with Crippen molar-refractivity contribution < 1.29 is 9.90 Å². The van der Waals surface area contributed by atoms with Crippen LogP contribution in [0.1, 0.15) is 37.4 Å². The molecule has 0 aromatic carbocycles. The molecule has 3 aromatic heterocycles. The Morgan fingerprint density at radius 1 is 1.23 bits per heavy atom. The van der Waals surface area contributed by atoms with Gasteiger partial charge in [0.05, 0.1) is 5.69 Å². The first kappa shape index (κ1) is 23.1. The molecule has 0 unspecified atom stereocenters. The van der Waals surface area contributed by atoms with Crippen molar-refractivity contribution in [2.75, 3.05) is 23.5 Å². The molecule has 0 saturated heterocycles. The molecular weight excluding hydrogens is 441 g/mol. The lowest BCUT2D eigenvalue weighted by atomic mass is 9.99. The molecule has 2 amide bonds. The average Bonchev–Trinajstić information content (AvgIpc) is 2.97. The first-order valence-corrected chi connectivity index (χ1v) is 10.6. The van der Waals surface area contributed by atoms with Gasteiger partial charge < -0.3 is 10.4 Å². The van der Waals surface area contributed by atoms with Crippen molar-refractivity contribution in [2.24, 2.45) is 7.05 Å². The van der Waals surface area contributed by atoms with Crippen molar-refractivity contribution >= 4 is 51.8 Å². The van der Waals surface area contributed by atoms with Crippen LogP contribution in [-0.4, -0.2) is 44.0 Å². The van der Waals surface area contributed by atoms with Crippen LogP contribution >= 0.6 is 23.2 Å². The molecule has 11 heteroatoms. The van der Waals surface area contributed by atoms with E-state index in [2.05, 4.69) is 34.7 Å². The molecule has 0 saturated carbocycles. The highest BCUT2D eigenvalue weighted by atomic mass is 35.5. The van der Waals surface area contributed by atoms with E-state index in [0.29, 0.717) is 24.5 Å². The minimum absolute atomic E-state index is 0.0283. The van der Waals surface area contributed by atoms with E-state index in [1.165, 1.54) is 12.1 Å².